The summed E-state index contributed by atoms with van der Waals surface area (Å²) >= 11 is 3.22. The number of aliphatic imine (C=N–C) groups is 1. The van der Waals surface area contributed by atoms with Crippen molar-refractivity contribution in [2.24, 2.45) is 10.7 Å². The van der Waals surface area contributed by atoms with E-state index >= 15 is 0 Å². The van der Waals surface area contributed by atoms with Crippen LogP contribution in [0.1, 0.15) is 24.3 Å². The molecule has 4 nitrogen and oxygen atoms in total. The number of methoxy groups -OCH3 is 1. The molecule has 20 heavy (non-hydrogen) atoms. The van der Waals surface area contributed by atoms with E-state index in [0.29, 0.717) is 35.5 Å². The summed E-state index contributed by atoms with van der Waals surface area (Å²) in [6.45, 7) is 1.13. The van der Waals surface area contributed by atoms with Gasteiger partial charge in [0.05, 0.1) is 17.6 Å². The molecule has 0 bridgehead atoms. The van der Waals surface area contributed by atoms with Gasteiger partial charge >= 0.3 is 0 Å². The fourth-order valence-corrected chi connectivity index (χ4v) is 2.68. The molecule has 0 heterocycles. The number of rotatable bonds is 5. The standard InChI is InChI=1S/C14H19BrFN3O/c1-20-5-4-18-14(17)19-11-6-10(7-11)9-2-3-13(16)12(15)8-9/h2-3,8,10-11H,4-7H2,1H3,(H3,17,18,19). The number of benzene rings is 1. The van der Waals surface area contributed by atoms with Gasteiger partial charge in [0, 0.05) is 13.2 Å². The predicted octanol–water partition coefficient (Wildman–Crippen LogP) is 2.38. The second-order valence-electron chi connectivity index (χ2n) is 4.94. The lowest BCUT2D eigenvalue weighted by Crippen LogP contribution is -2.46. The van der Waals surface area contributed by atoms with Gasteiger partial charge in [-0.3, -0.25) is 4.99 Å². The Bertz CT molecular complexity index is 489. The van der Waals surface area contributed by atoms with Gasteiger partial charge < -0.3 is 15.8 Å². The highest BCUT2D eigenvalue weighted by molar-refractivity contribution is 9.10. The number of ether oxygens (including phenoxy) is 1. The number of halogens is 2. The molecule has 1 aromatic carbocycles. The van der Waals surface area contributed by atoms with Crippen LogP contribution in [0.2, 0.25) is 0 Å². The van der Waals surface area contributed by atoms with Gasteiger partial charge in [0.1, 0.15) is 5.82 Å². The van der Waals surface area contributed by atoms with Crippen LogP contribution < -0.4 is 11.1 Å². The highest BCUT2D eigenvalue weighted by Crippen LogP contribution is 2.37. The van der Waals surface area contributed by atoms with Crippen LogP contribution >= 0.6 is 15.9 Å². The van der Waals surface area contributed by atoms with E-state index in [-0.39, 0.29) is 5.82 Å². The summed E-state index contributed by atoms with van der Waals surface area (Å²) < 4.78 is 18.6. The fourth-order valence-electron chi connectivity index (χ4n) is 2.29. The SMILES string of the molecule is COCCN=C(N)NC1CC(c2ccc(F)c(Br)c2)C1. The maximum atomic E-state index is 13.2. The van der Waals surface area contributed by atoms with Gasteiger partial charge in [0.25, 0.3) is 0 Å². The van der Waals surface area contributed by atoms with E-state index in [1.807, 2.05) is 12.1 Å². The summed E-state index contributed by atoms with van der Waals surface area (Å²) in [4.78, 5) is 4.16. The third kappa shape index (κ3) is 3.93. The van der Waals surface area contributed by atoms with Gasteiger partial charge in [-0.25, -0.2) is 4.39 Å². The molecule has 1 aliphatic carbocycles. The van der Waals surface area contributed by atoms with Crippen molar-refractivity contribution in [2.75, 3.05) is 20.3 Å². The predicted molar refractivity (Wildman–Crippen MR) is 81.4 cm³/mol. The van der Waals surface area contributed by atoms with Crippen LogP contribution in [-0.4, -0.2) is 32.3 Å². The second-order valence-corrected chi connectivity index (χ2v) is 5.80. The summed E-state index contributed by atoms with van der Waals surface area (Å²) in [7, 11) is 1.64. The van der Waals surface area contributed by atoms with E-state index in [1.54, 1.807) is 7.11 Å². The Balaban J connectivity index is 1.79. The molecule has 0 spiro atoms. The minimum absolute atomic E-state index is 0.225. The first kappa shape index (κ1) is 15.3. The molecule has 1 fully saturated rings. The Morgan fingerprint density at radius 3 is 2.95 bits per heavy atom. The fraction of sp³-hybridized carbons (Fsp3) is 0.500. The molecule has 0 amide bonds. The van der Waals surface area contributed by atoms with E-state index in [2.05, 4.69) is 26.2 Å². The van der Waals surface area contributed by atoms with Crippen molar-refractivity contribution < 1.29 is 9.13 Å². The van der Waals surface area contributed by atoms with E-state index < -0.39 is 0 Å². The van der Waals surface area contributed by atoms with Crippen molar-refractivity contribution in [1.82, 2.24) is 5.32 Å². The second kappa shape index (κ2) is 7.04. The molecule has 1 saturated carbocycles. The number of hydrogen-bond donors (Lipinski definition) is 2. The van der Waals surface area contributed by atoms with Crippen LogP contribution in [0.15, 0.2) is 27.7 Å². The maximum Gasteiger partial charge on any atom is 0.188 e. The van der Waals surface area contributed by atoms with Crippen molar-refractivity contribution in [3.63, 3.8) is 0 Å². The van der Waals surface area contributed by atoms with Crippen LogP contribution in [-0.2, 0) is 4.74 Å². The van der Waals surface area contributed by atoms with Gasteiger partial charge in [-0.2, -0.15) is 0 Å². The zero-order valence-electron chi connectivity index (χ0n) is 11.4. The third-order valence-electron chi connectivity index (χ3n) is 3.48. The van der Waals surface area contributed by atoms with Gasteiger partial charge in [-0.05, 0) is 52.4 Å². The molecule has 3 N–H and O–H groups in total. The molecule has 0 saturated heterocycles. The highest BCUT2D eigenvalue weighted by Gasteiger charge is 2.30. The molecule has 1 aliphatic rings. The molecule has 0 unspecified atom stereocenters. The van der Waals surface area contributed by atoms with Gasteiger partial charge in [-0.1, -0.05) is 6.07 Å². The van der Waals surface area contributed by atoms with Gasteiger partial charge in [-0.15, -0.1) is 0 Å². The topological polar surface area (TPSA) is 59.6 Å². The summed E-state index contributed by atoms with van der Waals surface area (Å²) in [5, 5.41) is 3.19. The largest absolute Gasteiger partial charge is 0.383 e. The van der Waals surface area contributed by atoms with Crippen molar-refractivity contribution >= 4 is 21.9 Å². The molecule has 0 atom stereocenters. The van der Waals surface area contributed by atoms with Crippen molar-refractivity contribution in [2.45, 2.75) is 24.8 Å². The lowest BCUT2D eigenvalue weighted by atomic mass is 9.76. The van der Waals surface area contributed by atoms with Crippen LogP contribution in [0, 0.1) is 5.82 Å². The van der Waals surface area contributed by atoms with Crippen molar-refractivity contribution in [1.29, 1.82) is 0 Å². The molecule has 0 aliphatic heterocycles. The van der Waals surface area contributed by atoms with Crippen molar-refractivity contribution in [3.05, 3.63) is 34.1 Å². The first-order valence-electron chi connectivity index (χ1n) is 6.60. The normalized spacial score (nSPS) is 22.4. The van der Waals surface area contributed by atoms with Crippen LogP contribution in [0.5, 0.6) is 0 Å². The summed E-state index contributed by atoms with van der Waals surface area (Å²) in [6.07, 6.45) is 1.97. The monoisotopic (exact) mass is 343 g/mol. The Labute approximate surface area is 126 Å². The number of nitrogens with zero attached hydrogens (tertiary/aromatic N) is 1. The Hall–Kier alpha value is -1.14. The average molecular weight is 344 g/mol. The highest BCUT2D eigenvalue weighted by atomic mass is 79.9. The van der Waals surface area contributed by atoms with Gasteiger partial charge in [0.2, 0.25) is 0 Å². The zero-order valence-corrected chi connectivity index (χ0v) is 13.0. The van der Waals surface area contributed by atoms with E-state index in [9.17, 15) is 4.39 Å². The first-order valence-corrected chi connectivity index (χ1v) is 7.39. The molecule has 1 aromatic rings. The van der Waals surface area contributed by atoms with E-state index in [0.717, 1.165) is 18.4 Å². The first-order chi connectivity index (χ1) is 9.60. The smallest absolute Gasteiger partial charge is 0.188 e. The third-order valence-corrected chi connectivity index (χ3v) is 4.09. The van der Waals surface area contributed by atoms with Crippen molar-refractivity contribution in [3.8, 4) is 0 Å². The minimum atomic E-state index is -0.225. The van der Waals surface area contributed by atoms with E-state index in [1.165, 1.54) is 6.07 Å². The summed E-state index contributed by atoms with van der Waals surface area (Å²) in [5.74, 6) is 0.694. The number of guanidine groups is 1. The van der Waals surface area contributed by atoms with Crippen LogP contribution in [0.25, 0.3) is 0 Å². The minimum Gasteiger partial charge on any atom is -0.383 e. The number of nitrogens with one attached hydrogen (secondary N) is 1. The zero-order chi connectivity index (χ0) is 14.5. The average Bonchev–Trinajstić information content (AvgIpc) is 2.37. The van der Waals surface area contributed by atoms with E-state index in [4.69, 9.17) is 10.5 Å². The van der Waals surface area contributed by atoms with Crippen LogP contribution in [0.3, 0.4) is 0 Å². The summed E-state index contributed by atoms with van der Waals surface area (Å²) in [6, 6.07) is 5.54. The van der Waals surface area contributed by atoms with Gasteiger partial charge in [0.15, 0.2) is 5.96 Å². The molecular weight excluding hydrogens is 325 g/mol. The molecule has 6 heteroatoms. The molecular formula is C14H19BrFN3O. The lowest BCUT2D eigenvalue weighted by molar-refractivity contribution is 0.207. The Morgan fingerprint density at radius 1 is 1.55 bits per heavy atom. The Morgan fingerprint density at radius 2 is 2.30 bits per heavy atom. The molecule has 2 rings (SSSR count). The quantitative estimate of drug-likeness (QED) is 0.490. The molecule has 0 aromatic heterocycles. The number of nitrogens with two attached hydrogens (primary N) is 1. The molecule has 0 radical (unpaired) electrons. The maximum absolute atomic E-state index is 13.2. The number of hydrogen-bond acceptors (Lipinski definition) is 2. The summed E-state index contributed by atoms with van der Waals surface area (Å²) in [5.41, 5.74) is 6.94. The Kier molecular flexibility index (Phi) is 5.37. The molecule has 110 valence electrons. The lowest BCUT2D eigenvalue weighted by Gasteiger charge is -2.36. The van der Waals surface area contributed by atoms with Crippen LogP contribution in [0.4, 0.5) is 4.39 Å².